The number of ether oxygens (including phenoxy) is 4. The van der Waals surface area contributed by atoms with Crippen molar-refractivity contribution >= 4 is 17.3 Å². The predicted molar refractivity (Wildman–Crippen MR) is 114 cm³/mol. The fourth-order valence-corrected chi connectivity index (χ4v) is 4.50. The van der Waals surface area contributed by atoms with E-state index in [9.17, 15) is 4.79 Å². The van der Waals surface area contributed by atoms with Crippen LogP contribution in [0.25, 0.3) is 0 Å². The normalized spacial score (nSPS) is 21.3. The molecule has 2 aromatic carbocycles. The van der Waals surface area contributed by atoms with Gasteiger partial charge in [-0.3, -0.25) is 4.79 Å². The second-order valence-corrected chi connectivity index (χ2v) is 8.59. The standard InChI is InChI=1S/C24H26N2O5/c27-23-24(30-8-1-9-31-24)19-13-18(5-6-20(19)26(23)15-16-2-3-16)25-14-17-4-7-21-22(12-17)29-11-10-28-21/h4-7,12-13,16,25H,1-3,8-11,14-15H2. The van der Waals surface area contributed by atoms with Gasteiger partial charge in [-0.25, -0.2) is 0 Å². The van der Waals surface area contributed by atoms with Gasteiger partial charge in [0.1, 0.15) is 13.2 Å². The Morgan fingerprint density at radius 2 is 1.77 bits per heavy atom. The fourth-order valence-electron chi connectivity index (χ4n) is 4.50. The molecule has 0 aromatic heterocycles. The molecule has 0 atom stereocenters. The molecule has 7 nitrogen and oxygen atoms in total. The van der Waals surface area contributed by atoms with Crippen LogP contribution in [0.1, 0.15) is 30.4 Å². The zero-order chi connectivity index (χ0) is 20.8. The number of anilines is 2. The van der Waals surface area contributed by atoms with Crippen LogP contribution in [0, 0.1) is 5.92 Å². The smallest absolute Gasteiger partial charge is 0.292 e. The van der Waals surface area contributed by atoms with Crippen LogP contribution in [0.2, 0.25) is 0 Å². The van der Waals surface area contributed by atoms with Gasteiger partial charge in [0.05, 0.1) is 18.9 Å². The maximum absolute atomic E-state index is 13.4. The molecular formula is C24H26N2O5. The average molecular weight is 422 g/mol. The molecule has 4 aliphatic rings. The van der Waals surface area contributed by atoms with Gasteiger partial charge in [0.15, 0.2) is 11.5 Å². The summed E-state index contributed by atoms with van der Waals surface area (Å²) in [6, 6.07) is 12.0. The summed E-state index contributed by atoms with van der Waals surface area (Å²) in [5, 5.41) is 3.46. The summed E-state index contributed by atoms with van der Waals surface area (Å²) in [5.74, 6) is 0.776. The summed E-state index contributed by atoms with van der Waals surface area (Å²) in [4.78, 5) is 15.2. The van der Waals surface area contributed by atoms with Crippen molar-refractivity contribution in [3.63, 3.8) is 0 Å². The fraction of sp³-hybridized carbons (Fsp3) is 0.458. The summed E-state index contributed by atoms with van der Waals surface area (Å²) in [7, 11) is 0. The van der Waals surface area contributed by atoms with E-state index in [1.165, 1.54) is 12.8 Å². The average Bonchev–Trinajstić information content (AvgIpc) is 3.62. The van der Waals surface area contributed by atoms with Crippen LogP contribution in [0.15, 0.2) is 36.4 Å². The van der Waals surface area contributed by atoms with E-state index in [4.69, 9.17) is 18.9 Å². The largest absolute Gasteiger partial charge is 0.486 e. The number of benzene rings is 2. The minimum Gasteiger partial charge on any atom is -0.486 e. The molecule has 2 fully saturated rings. The Labute approximate surface area is 181 Å². The first-order valence-electron chi connectivity index (χ1n) is 11.1. The van der Waals surface area contributed by atoms with E-state index in [1.807, 2.05) is 41.3 Å². The van der Waals surface area contributed by atoms with Gasteiger partial charge in [-0.1, -0.05) is 6.07 Å². The van der Waals surface area contributed by atoms with E-state index in [1.54, 1.807) is 0 Å². The Balaban J connectivity index is 1.26. The van der Waals surface area contributed by atoms with Crippen molar-refractivity contribution in [2.75, 3.05) is 43.2 Å². The lowest BCUT2D eigenvalue weighted by Crippen LogP contribution is -2.47. The minimum absolute atomic E-state index is 0.0851. The highest BCUT2D eigenvalue weighted by atomic mass is 16.7. The lowest BCUT2D eigenvalue weighted by Gasteiger charge is -2.32. The number of nitrogens with one attached hydrogen (secondary N) is 1. The van der Waals surface area contributed by atoms with Crippen molar-refractivity contribution in [2.45, 2.75) is 31.6 Å². The third-order valence-corrected chi connectivity index (χ3v) is 6.31. The van der Waals surface area contributed by atoms with E-state index in [2.05, 4.69) is 5.32 Å². The Bertz CT molecular complexity index is 1010. The van der Waals surface area contributed by atoms with E-state index in [-0.39, 0.29) is 5.91 Å². The molecule has 1 saturated heterocycles. The van der Waals surface area contributed by atoms with E-state index in [0.29, 0.717) is 38.9 Å². The number of nitrogens with zero attached hydrogens (tertiary/aromatic N) is 1. The first-order valence-corrected chi connectivity index (χ1v) is 11.1. The van der Waals surface area contributed by atoms with Crippen LogP contribution in [-0.4, -0.2) is 38.9 Å². The van der Waals surface area contributed by atoms with Crippen molar-refractivity contribution < 1.29 is 23.7 Å². The van der Waals surface area contributed by atoms with Gasteiger partial charge in [-0.2, -0.15) is 0 Å². The quantitative estimate of drug-likeness (QED) is 0.796. The highest BCUT2D eigenvalue weighted by Gasteiger charge is 2.55. The molecule has 1 aliphatic carbocycles. The molecule has 1 N–H and O–H groups in total. The highest BCUT2D eigenvalue weighted by Crippen LogP contribution is 2.47. The SMILES string of the molecule is O=C1N(CC2CC2)c2ccc(NCc3ccc4c(c3)OCCO4)cc2C12OCCCO2. The second kappa shape index (κ2) is 7.43. The minimum atomic E-state index is -1.29. The number of amides is 1. The zero-order valence-electron chi connectivity index (χ0n) is 17.4. The van der Waals surface area contributed by atoms with Crippen molar-refractivity contribution in [1.29, 1.82) is 0 Å². The monoisotopic (exact) mass is 422 g/mol. The van der Waals surface area contributed by atoms with Gasteiger partial charge in [-0.05, 0) is 61.1 Å². The van der Waals surface area contributed by atoms with Gasteiger partial charge in [-0.15, -0.1) is 0 Å². The number of fused-ring (bicyclic) bond motifs is 3. The second-order valence-electron chi connectivity index (χ2n) is 8.59. The number of rotatable bonds is 5. The number of hydrogen-bond donors (Lipinski definition) is 1. The van der Waals surface area contributed by atoms with Crippen LogP contribution in [0.4, 0.5) is 11.4 Å². The summed E-state index contributed by atoms with van der Waals surface area (Å²) >= 11 is 0. The Hall–Kier alpha value is -2.77. The first kappa shape index (κ1) is 19.0. The van der Waals surface area contributed by atoms with E-state index in [0.717, 1.165) is 47.0 Å². The zero-order valence-corrected chi connectivity index (χ0v) is 17.4. The molecule has 1 spiro atoms. The Morgan fingerprint density at radius 1 is 0.968 bits per heavy atom. The van der Waals surface area contributed by atoms with Crippen LogP contribution >= 0.6 is 0 Å². The molecule has 0 radical (unpaired) electrons. The summed E-state index contributed by atoms with van der Waals surface area (Å²) < 4.78 is 23.3. The summed E-state index contributed by atoms with van der Waals surface area (Å²) in [6.07, 6.45) is 3.17. The van der Waals surface area contributed by atoms with E-state index >= 15 is 0 Å². The highest BCUT2D eigenvalue weighted by molar-refractivity contribution is 6.06. The topological polar surface area (TPSA) is 69.3 Å². The Kier molecular flexibility index (Phi) is 4.54. The molecular weight excluding hydrogens is 396 g/mol. The van der Waals surface area contributed by atoms with Crippen LogP contribution in [-0.2, 0) is 26.6 Å². The van der Waals surface area contributed by atoms with Crippen molar-refractivity contribution in [3.8, 4) is 11.5 Å². The molecule has 0 bridgehead atoms. The van der Waals surface area contributed by atoms with Crippen LogP contribution in [0.5, 0.6) is 11.5 Å². The molecule has 31 heavy (non-hydrogen) atoms. The third kappa shape index (κ3) is 3.32. The Morgan fingerprint density at radius 3 is 2.58 bits per heavy atom. The van der Waals surface area contributed by atoms with Gasteiger partial charge >= 0.3 is 0 Å². The number of carbonyl (C=O) groups excluding carboxylic acids is 1. The van der Waals surface area contributed by atoms with Gasteiger partial charge in [0, 0.05) is 24.3 Å². The van der Waals surface area contributed by atoms with Gasteiger partial charge < -0.3 is 29.2 Å². The van der Waals surface area contributed by atoms with Gasteiger partial charge in [0.25, 0.3) is 11.7 Å². The van der Waals surface area contributed by atoms with Crippen LogP contribution < -0.4 is 19.7 Å². The molecule has 0 unspecified atom stereocenters. The van der Waals surface area contributed by atoms with Crippen molar-refractivity contribution in [1.82, 2.24) is 0 Å². The molecule has 2 aromatic rings. The van der Waals surface area contributed by atoms with E-state index < -0.39 is 5.79 Å². The van der Waals surface area contributed by atoms with Crippen molar-refractivity contribution in [2.24, 2.45) is 5.92 Å². The van der Waals surface area contributed by atoms with Gasteiger partial charge in [0.2, 0.25) is 0 Å². The molecule has 162 valence electrons. The molecule has 6 rings (SSSR count). The molecule has 7 heteroatoms. The molecule has 3 heterocycles. The molecule has 1 saturated carbocycles. The maximum atomic E-state index is 13.4. The lowest BCUT2D eigenvalue weighted by atomic mass is 10.0. The van der Waals surface area contributed by atoms with Crippen molar-refractivity contribution in [3.05, 3.63) is 47.5 Å². The summed E-state index contributed by atoms with van der Waals surface area (Å²) in [6.45, 7) is 3.58. The summed E-state index contributed by atoms with van der Waals surface area (Å²) in [5.41, 5.74) is 3.73. The number of carbonyl (C=O) groups is 1. The molecule has 1 amide bonds. The first-order chi connectivity index (χ1) is 15.2. The van der Waals surface area contributed by atoms with Crippen LogP contribution in [0.3, 0.4) is 0 Å². The third-order valence-electron chi connectivity index (χ3n) is 6.31. The lowest BCUT2D eigenvalue weighted by molar-refractivity contribution is -0.256. The maximum Gasteiger partial charge on any atom is 0.292 e. The number of hydrogen-bond acceptors (Lipinski definition) is 6. The predicted octanol–water partition coefficient (Wildman–Crippen LogP) is 3.42. The molecule has 3 aliphatic heterocycles.